The van der Waals surface area contributed by atoms with Gasteiger partial charge < -0.3 is 14.5 Å². The molecule has 2 N–H and O–H groups in total. The molecule has 0 radical (unpaired) electrons. The van der Waals surface area contributed by atoms with Gasteiger partial charge in [0.15, 0.2) is 12.2 Å². The van der Waals surface area contributed by atoms with Crippen LogP contribution in [0.3, 0.4) is 0 Å². The second-order valence-corrected chi connectivity index (χ2v) is 10.8. The number of carbonyl (C=O) groups is 2. The summed E-state index contributed by atoms with van der Waals surface area (Å²) in [6.45, 7) is 0. The molecule has 1 aliphatic rings. The van der Waals surface area contributed by atoms with E-state index < -0.39 is 6.09 Å². The summed E-state index contributed by atoms with van der Waals surface area (Å²) in [5.41, 5.74) is 7.76. The monoisotopic (exact) mass is 592 g/mol. The van der Waals surface area contributed by atoms with Gasteiger partial charge in [0.2, 0.25) is 5.91 Å². The molecule has 0 saturated heterocycles. The molecule has 0 spiro atoms. The zero-order valence-corrected chi connectivity index (χ0v) is 24.2. The van der Waals surface area contributed by atoms with Crippen LogP contribution in [0.4, 0.5) is 16.2 Å². The fraction of sp³-hybridized carbons (Fsp3) is 0.176. The molecule has 3 aromatic carbocycles. The van der Waals surface area contributed by atoms with Crippen molar-refractivity contribution in [2.45, 2.75) is 31.6 Å². The Hall–Kier alpha value is -4.95. The van der Waals surface area contributed by atoms with Crippen LogP contribution >= 0.6 is 11.6 Å². The van der Waals surface area contributed by atoms with Gasteiger partial charge in [-0.15, -0.1) is 0 Å². The molecule has 2 bridgehead atoms. The summed E-state index contributed by atoms with van der Waals surface area (Å²) in [7, 11) is 1.31. The summed E-state index contributed by atoms with van der Waals surface area (Å²) >= 11 is 6.37. The van der Waals surface area contributed by atoms with Crippen molar-refractivity contribution in [3.63, 3.8) is 0 Å². The normalized spacial score (nSPS) is 14.9. The molecule has 1 aliphatic heterocycles. The lowest BCUT2D eigenvalue weighted by molar-refractivity contribution is -0.116. The molecular weight excluding hydrogens is 564 g/mol. The number of methoxy groups -OCH3 is 1. The maximum absolute atomic E-state index is 12.9. The number of anilines is 2. The van der Waals surface area contributed by atoms with Crippen LogP contribution in [-0.4, -0.2) is 29.1 Å². The minimum atomic E-state index is -0.577. The molecule has 3 heterocycles. The lowest BCUT2D eigenvalue weighted by atomic mass is 9.87. The van der Waals surface area contributed by atoms with Crippen LogP contribution in [-0.2, 0) is 9.53 Å². The van der Waals surface area contributed by atoms with E-state index in [0.717, 1.165) is 58.3 Å². The second kappa shape index (κ2) is 12.5. The van der Waals surface area contributed by atoms with Crippen molar-refractivity contribution in [3.8, 4) is 33.6 Å². The number of benzene rings is 3. The molecule has 43 heavy (non-hydrogen) atoms. The number of fused-ring (bicyclic) bond motifs is 4. The molecule has 0 saturated carbocycles. The zero-order valence-electron chi connectivity index (χ0n) is 23.5. The van der Waals surface area contributed by atoms with Crippen molar-refractivity contribution in [2.24, 2.45) is 0 Å². The van der Waals surface area contributed by atoms with E-state index in [2.05, 4.69) is 39.9 Å². The van der Waals surface area contributed by atoms with Gasteiger partial charge >= 0.3 is 6.09 Å². The number of nitrogens with zero attached hydrogens (tertiary/aromatic N) is 2. The summed E-state index contributed by atoms with van der Waals surface area (Å²) in [5.74, 6) is 0.619. The maximum Gasteiger partial charge on any atom is 0.411 e. The van der Waals surface area contributed by atoms with Gasteiger partial charge in [0.25, 0.3) is 0 Å². The number of aromatic nitrogens is 2. The third-order valence-electron chi connectivity index (χ3n) is 7.61. The largest absolute Gasteiger partial charge is 0.453 e. The number of rotatable bonds is 4. The van der Waals surface area contributed by atoms with E-state index in [0.29, 0.717) is 28.6 Å². The van der Waals surface area contributed by atoms with Crippen molar-refractivity contribution < 1.29 is 18.7 Å². The van der Waals surface area contributed by atoms with Crippen LogP contribution in [0.1, 0.15) is 42.9 Å². The first-order valence-electron chi connectivity index (χ1n) is 14.0. The van der Waals surface area contributed by atoms with Crippen LogP contribution in [0, 0.1) is 0 Å². The highest BCUT2D eigenvalue weighted by atomic mass is 35.5. The first-order valence-corrected chi connectivity index (χ1v) is 14.4. The van der Waals surface area contributed by atoms with Crippen LogP contribution in [0.15, 0.2) is 96.0 Å². The van der Waals surface area contributed by atoms with E-state index in [4.69, 9.17) is 25.7 Å². The van der Waals surface area contributed by atoms with Crippen LogP contribution in [0.5, 0.6) is 0 Å². The highest BCUT2D eigenvalue weighted by Gasteiger charge is 2.20. The lowest BCUT2D eigenvalue weighted by Gasteiger charge is -2.21. The SMILES string of the molecule is COC(=O)Nc1ccc2c(c1)NC(=O)CCCCC(c1ccc(-c3cc(Cl)ccc3-c3cnco3)cn1)c1cccc-2c1. The second-order valence-electron chi connectivity index (χ2n) is 10.4. The number of hydrogen-bond acceptors (Lipinski definition) is 6. The maximum atomic E-state index is 12.9. The van der Waals surface area contributed by atoms with Crippen LogP contribution in [0.2, 0.25) is 5.02 Å². The van der Waals surface area contributed by atoms with Crippen LogP contribution < -0.4 is 10.6 Å². The Morgan fingerprint density at radius 2 is 1.86 bits per heavy atom. The predicted octanol–water partition coefficient (Wildman–Crippen LogP) is 8.55. The van der Waals surface area contributed by atoms with Gasteiger partial charge in [0.05, 0.1) is 19.0 Å². The highest BCUT2D eigenvalue weighted by Crippen LogP contribution is 2.38. The molecule has 2 aromatic heterocycles. The number of pyridine rings is 1. The van der Waals surface area contributed by atoms with Gasteiger partial charge in [-0.2, -0.15) is 0 Å². The highest BCUT2D eigenvalue weighted by molar-refractivity contribution is 6.31. The molecule has 0 fully saturated rings. The Kier molecular flexibility index (Phi) is 8.20. The van der Waals surface area contributed by atoms with E-state index >= 15 is 0 Å². The Morgan fingerprint density at radius 3 is 2.65 bits per heavy atom. The number of nitrogens with one attached hydrogen (secondary N) is 2. The van der Waals surface area contributed by atoms with Crippen LogP contribution in [0.25, 0.3) is 33.6 Å². The van der Waals surface area contributed by atoms with Gasteiger partial charge in [0, 0.05) is 51.6 Å². The van der Waals surface area contributed by atoms with E-state index in [1.165, 1.54) is 13.5 Å². The first kappa shape index (κ1) is 28.2. The average Bonchev–Trinajstić information content (AvgIpc) is 3.56. The Morgan fingerprint density at radius 1 is 0.977 bits per heavy atom. The number of hydrogen-bond donors (Lipinski definition) is 2. The quantitative estimate of drug-likeness (QED) is 0.216. The standard InChI is InChI=1S/C34H29ClN4O4/c1-42-34(41)38-25-11-13-27-22-6-4-5-21(15-22)26(7-2-3-8-33(40)39-31(27)17-25)30-14-9-23(18-37-30)29-16-24(35)10-12-28(29)32-19-36-20-43-32/h4-6,9-20,26H,2-3,7-8H2,1H3,(H,38,41)(H,39,40). The summed E-state index contributed by atoms with van der Waals surface area (Å²) in [6.07, 6.45) is 7.21. The fourth-order valence-electron chi connectivity index (χ4n) is 5.49. The first-order chi connectivity index (χ1) is 21.0. The molecule has 0 aliphatic carbocycles. The number of carbonyl (C=O) groups excluding carboxylic acids is 2. The average molecular weight is 593 g/mol. The Balaban J connectivity index is 1.36. The Labute approximate surface area is 254 Å². The van der Waals surface area contributed by atoms with Gasteiger partial charge in [-0.05, 0) is 65.9 Å². The molecular formula is C34H29ClN4O4. The van der Waals surface area contributed by atoms with Crippen molar-refractivity contribution in [3.05, 3.63) is 108 Å². The number of oxazole rings is 1. The molecule has 9 heteroatoms. The summed E-state index contributed by atoms with van der Waals surface area (Å²) < 4.78 is 10.3. The van der Waals surface area contributed by atoms with Crippen molar-refractivity contribution in [2.75, 3.05) is 17.7 Å². The van der Waals surface area contributed by atoms with Crippen molar-refractivity contribution >= 4 is 35.0 Å². The molecule has 5 aromatic rings. The number of halogens is 1. The van der Waals surface area contributed by atoms with Gasteiger partial charge in [-0.3, -0.25) is 15.1 Å². The van der Waals surface area contributed by atoms with Gasteiger partial charge in [0.1, 0.15) is 0 Å². The minimum Gasteiger partial charge on any atom is -0.453 e. The number of ether oxygens (including phenoxy) is 1. The third-order valence-corrected chi connectivity index (χ3v) is 7.84. The van der Waals surface area contributed by atoms with E-state index in [1.807, 2.05) is 42.6 Å². The topological polar surface area (TPSA) is 106 Å². The third kappa shape index (κ3) is 6.29. The lowest BCUT2D eigenvalue weighted by Crippen LogP contribution is -2.14. The molecule has 1 atom stereocenters. The van der Waals surface area contributed by atoms with E-state index in [1.54, 1.807) is 18.3 Å². The Bertz CT molecular complexity index is 1770. The zero-order chi connectivity index (χ0) is 29.8. The van der Waals surface area contributed by atoms with Crippen molar-refractivity contribution in [1.29, 1.82) is 0 Å². The predicted molar refractivity (Wildman–Crippen MR) is 167 cm³/mol. The van der Waals surface area contributed by atoms with Gasteiger partial charge in [-0.1, -0.05) is 54.4 Å². The summed E-state index contributed by atoms with van der Waals surface area (Å²) in [4.78, 5) is 33.7. The van der Waals surface area contributed by atoms with E-state index in [9.17, 15) is 9.59 Å². The molecule has 8 nitrogen and oxygen atoms in total. The van der Waals surface area contributed by atoms with E-state index in [-0.39, 0.29) is 11.8 Å². The molecule has 216 valence electrons. The fourth-order valence-corrected chi connectivity index (χ4v) is 5.66. The van der Waals surface area contributed by atoms with Crippen molar-refractivity contribution in [1.82, 2.24) is 9.97 Å². The summed E-state index contributed by atoms with van der Waals surface area (Å²) in [5, 5.41) is 6.33. The molecule has 6 rings (SSSR count). The molecule has 2 amide bonds. The smallest absolute Gasteiger partial charge is 0.411 e. The minimum absolute atomic E-state index is 0.0355. The summed E-state index contributed by atoms with van der Waals surface area (Å²) in [6, 6.07) is 23.6. The number of amides is 2. The molecule has 1 unspecified atom stereocenters. The van der Waals surface area contributed by atoms with Gasteiger partial charge in [-0.25, -0.2) is 9.78 Å².